The first kappa shape index (κ1) is 20.5. The highest BCUT2D eigenvalue weighted by molar-refractivity contribution is 7.89. The van der Waals surface area contributed by atoms with Crippen molar-refractivity contribution in [2.75, 3.05) is 32.8 Å². The number of nitro groups is 1. The van der Waals surface area contributed by atoms with Crippen molar-refractivity contribution >= 4 is 21.6 Å². The van der Waals surface area contributed by atoms with Crippen molar-refractivity contribution < 1.29 is 22.9 Å². The number of benzene rings is 1. The minimum absolute atomic E-state index is 0.107. The van der Waals surface area contributed by atoms with Gasteiger partial charge in [-0.2, -0.15) is 4.31 Å². The zero-order valence-electron chi connectivity index (χ0n) is 15.9. The van der Waals surface area contributed by atoms with E-state index < -0.39 is 20.6 Å². The molecule has 2 heterocycles. The summed E-state index contributed by atoms with van der Waals surface area (Å²) < 4.78 is 32.0. The Kier molecular flexibility index (Phi) is 6.19. The van der Waals surface area contributed by atoms with Crippen LogP contribution in [-0.4, -0.2) is 61.2 Å². The Morgan fingerprint density at radius 1 is 1.21 bits per heavy atom. The molecule has 0 saturated carbocycles. The summed E-state index contributed by atoms with van der Waals surface area (Å²) in [6.45, 7) is 3.96. The summed E-state index contributed by atoms with van der Waals surface area (Å²) in [4.78, 5) is 24.6. The Morgan fingerprint density at radius 3 is 2.46 bits per heavy atom. The van der Waals surface area contributed by atoms with Crippen LogP contribution in [0.3, 0.4) is 0 Å². The lowest BCUT2D eigenvalue weighted by atomic mass is 9.99. The summed E-state index contributed by atoms with van der Waals surface area (Å²) in [7, 11) is -3.77. The van der Waals surface area contributed by atoms with Crippen LogP contribution >= 0.6 is 0 Å². The van der Waals surface area contributed by atoms with Crippen LogP contribution in [0.1, 0.15) is 32.6 Å². The van der Waals surface area contributed by atoms with Crippen LogP contribution in [0.5, 0.6) is 5.75 Å². The Labute approximate surface area is 164 Å². The molecule has 0 unspecified atom stereocenters. The second-order valence-electron chi connectivity index (χ2n) is 7.35. The van der Waals surface area contributed by atoms with Gasteiger partial charge in [-0.25, -0.2) is 8.42 Å². The maximum absolute atomic E-state index is 12.6. The molecule has 1 amide bonds. The van der Waals surface area contributed by atoms with Gasteiger partial charge in [0.05, 0.1) is 9.82 Å². The van der Waals surface area contributed by atoms with Crippen molar-refractivity contribution in [3.05, 3.63) is 28.3 Å². The summed E-state index contributed by atoms with van der Waals surface area (Å²) in [5, 5.41) is 11.4. The van der Waals surface area contributed by atoms with E-state index in [2.05, 4.69) is 6.92 Å². The van der Waals surface area contributed by atoms with Gasteiger partial charge in [-0.1, -0.05) is 6.92 Å². The van der Waals surface area contributed by atoms with Crippen molar-refractivity contribution in [3.63, 3.8) is 0 Å². The highest BCUT2D eigenvalue weighted by Gasteiger charge is 2.30. The number of nitro benzene ring substituents is 1. The Hall–Kier alpha value is -2.20. The van der Waals surface area contributed by atoms with Crippen LogP contribution in [-0.2, 0) is 14.8 Å². The summed E-state index contributed by atoms with van der Waals surface area (Å²) in [5.74, 6) is 0.246. The molecule has 2 fully saturated rings. The van der Waals surface area contributed by atoms with Gasteiger partial charge in [-0.15, -0.1) is 0 Å². The lowest BCUT2D eigenvalue weighted by molar-refractivity contribution is -0.386. The van der Waals surface area contributed by atoms with Gasteiger partial charge in [0.15, 0.2) is 12.4 Å². The number of nitrogens with zero attached hydrogens (tertiary/aromatic N) is 3. The molecule has 0 atom stereocenters. The molecular weight excluding hydrogens is 386 g/mol. The van der Waals surface area contributed by atoms with Gasteiger partial charge >= 0.3 is 5.69 Å². The predicted octanol–water partition coefficient (Wildman–Crippen LogP) is 2.02. The quantitative estimate of drug-likeness (QED) is 0.523. The van der Waals surface area contributed by atoms with Gasteiger partial charge in [0, 0.05) is 32.2 Å². The van der Waals surface area contributed by atoms with E-state index in [1.807, 2.05) is 0 Å². The largest absolute Gasteiger partial charge is 0.477 e. The van der Waals surface area contributed by atoms with Crippen LogP contribution < -0.4 is 4.74 Å². The third-order valence-corrected chi connectivity index (χ3v) is 7.21. The smallest absolute Gasteiger partial charge is 0.312 e. The van der Waals surface area contributed by atoms with E-state index in [-0.39, 0.29) is 23.2 Å². The average Bonchev–Trinajstić information content (AvgIpc) is 3.22. The molecule has 0 N–H and O–H groups in total. The summed E-state index contributed by atoms with van der Waals surface area (Å²) >= 11 is 0. The van der Waals surface area contributed by atoms with Crippen LogP contribution in [0.15, 0.2) is 23.1 Å². The third kappa shape index (κ3) is 4.44. The molecular formula is C18H25N3O6S. The van der Waals surface area contributed by atoms with E-state index in [1.54, 1.807) is 4.90 Å². The number of likely N-dealkylation sites (tertiary alicyclic amines) is 1. The molecule has 0 aliphatic carbocycles. The van der Waals surface area contributed by atoms with Crippen LogP contribution in [0.25, 0.3) is 0 Å². The summed E-state index contributed by atoms with van der Waals surface area (Å²) in [6.07, 6.45) is 3.41. The Morgan fingerprint density at radius 2 is 1.86 bits per heavy atom. The number of rotatable bonds is 6. The number of amides is 1. The van der Waals surface area contributed by atoms with E-state index >= 15 is 0 Å². The number of sulfonamides is 1. The van der Waals surface area contributed by atoms with Crippen molar-refractivity contribution in [1.82, 2.24) is 9.21 Å². The fourth-order valence-electron chi connectivity index (χ4n) is 3.49. The molecule has 9 nitrogen and oxygen atoms in total. The minimum Gasteiger partial charge on any atom is -0.477 e. The lowest BCUT2D eigenvalue weighted by Crippen LogP contribution is -2.40. The molecule has 2 aliphatic heterocycles. The number of hydrogen-bond acceptors (Lipinski definition) is 6. The van der Waals surface area contributed by atoms with Gasteiger partial charge in [-0.05, 0) is 43.7 Å². The molecule has 0 spiro atoms. The van der Waals surface area contributed by atoms with Crippen molar-refractivity contribution in [3.8, 4) is 5.75 Å². The van der Waals surface area contributed by atoms with Gasteiger partial charge in [0.2, 0.25) is 10.0 Å². The molecule has 2 saturated heterocycles. The maximum Gasteiger partial charge on any atom is 0.312 e. The first-order valence-corrected chi connectivity index (χ1v) is 10.9. The predicted molar refractivity (Wildman–Crippen MR) is 102 cm³/mol. The normalized spacial score (nSPS) is 19.0. The number of carbonyl (C=O) groups is 1. The maximum atomic E-state index is 12.6. The molecule has 1 aromatic rings. The standard InChI is InChI=1S/C18H25N3O6S/c1-14-6-10-19(11-7-14)18(22)13-27-17-5-4-15(12-16(17)21(23)24)28(25,26)20-8-2-3-9-20/h4-5,12,14H,2-3,6-11,13H2,1H3. The first-order valence-electron chi connectivity index (χ1n) is 9.48. The second kappa shape index (κ2) is 8.44. The topological polar surface area (TPSA) is 110 Å². The molecule has 0 aromatic heterocycles. The number of carbonyl (C=O) groups excluding carboxylic acids is 1. The average molecular weight is 411 g/mol. The fourth-order valence-corrected chi connectivity index (χ4v) is 5.03. The molecule has 0 bridgehead atoms. The van der Waals surface area contributed by atoms with Crippen LogP contribution in [0.2, 0.25) is 0 Å². The molecule has 2 aliphatic rings. The highest BCUT2D eigenvalue weighted by atomic mass is 32.2. The zero-order valence-corrected chi connectivity index (χ0v) is 16.7. The second-order valence-corrected chi connectivity index (χ2v) is 9.29. The molecule has 28 heavy (non-hydrogen) atoms. The van der Waals surface area contributed by atoms with Crippen LogP contribution in [0.4, 0.5) is 5.69 Å². The molecule has 1 aromatic carbocycles. The monoisotopic (exact) mass is 411 g/mol. The molecule has 10 heteroatoms. The molecule has 0 radical (unpaired) electrons. The first-order chi connectivity index (χ1) is 13.3. The highest BCUT2D eigenvalue weighted by Crippen LogP contribution is 2.32. The van der Waals surface area contributed by atoms with Crippen molar-refractivity contribution in [1.29, 1.82) is 0 Å². The SMILES string of the molecule is CC1CCN(C(=O)COc2ccc(S(=O)(=O)N3CCCC3)cc2[N+](=O)[O-])CC1. The number of hydrogen-bond donors (Lipinski definition) is 0. The Balaban J connectivity index is 1.73. The molecule has 154 valence electrons. The third-order valence-electron chi connectivity index (χ3n) is 5.32. The van der Waals surface area contributed by atoms with E-state index in [9.17, 15) is 23.3 Å². The minimum atomic E-state index is -3.77. The van der Waals surface area contributed by atoms with E-state index in [0.29, 0.717) is 32.1 Å². The van der Waals surface area contributed by atoms with Crippen molar-refractivity contribution in [2.24, 2.45) is 5.92 Å². The van der Waals surface area contributed by atoms with E-state index in [0.717, 1.165) is 31.7 Å². The molecule has 3 rings (SSSR count). The van der Waals surface area contributed by atoms with Gasteiger partial charge < -0.3 is 9.64 Å². The number of piperidine rings is 1. The van der Waals surface area contributed by atoms with E-state index in [1.165, 1.54) is 16.4 Å². The lowest BCUT2D eigenvalue weighted by Gasteiger charge is -2.30. The fraction of sp³-hybridized carbons (Fsp3) is 0.611. The Bertz CT molecular complexity index is 843. The van der Waals surface area contributed by atoms with Crippen molar-refractivity contribution in [2.45, 2.75) is 37.5 Å². The van der Waals surface area contributed by atoms with Gasteiger partial charge in [0.25, 0.3) is 5.91 Å². The van der Waals surface area contributed by atoms with Crippen LogP contribution in [0, 0.1) is 16.0 Å². The van der Waals surface area contributed by atoms with Gasteiger partial charge in [0.1, 0.15) is 0 Å². The van der Waals surface area contributed by atoms with E-state index in [4.69, 9.17) is 4.74 Å². The summed E-state index contributed by atoms with van der Waals surface area (Å²) in [5.41, 5.74) is -0.458. The number of ether oxygens (including phenoxy) is 1. The summed E-state index contributed by atoms with van der Waals surface area (Å²) in [6, 6.07) is 3.56. The van der Waals surface area contributed by atoms with Gasteiger partial charge in [-0.3, -0.25) is 14.9 Å². The zero-order chi connectivity index (χ0) is 20.3.